The Bertz CT molecular complexity index is 287. The zero-order valence-electron chi connectivity index (χ0n) is 7.93. The summed E-state index contributed by atoms with van der Waals surface area (Å²) in [4.78, 5) is 4.35. The normalized spacial score (nSPS) is 17.8. The molecule has 0 saturated carbocycles. The molecular formula is C8H12N2O2S2. The molecule has 1 aromatic rings. The minimum atomic E-state index is -0.0611. The Morgan fingerprint density at radius 1 is 1.50 bits per heavy atom. The van der Waals surface area contributed by atoms with Crippen molar-refractivity contribution in [3.8, 4) is 0 Å². The average Bonchev–Trinajstić information content (AvgIpc) is 2.86. The van der Waals surface area contributed by atoms with Crippen molar-refractivity contribution in [3.63, 3.8) is 0 Å². The highest BCUT2D eigenvalue weighted by Crippen LogP contribution is 2.23. The van der Waals surface area contributed by atoms with E-state index in [1.807, 2.05) is 0 Å². The van der Waals surface area contributed by atoms with Gasteiger partial charge in [0, 0.05) is 6.42 Å². The molecule has 0 radical (unpaired) electrons. The Morgan fingerprint density at radius 2 is 2.29 bits per heavy atom. The second-order valence-electron chi connectivity index (χ2n) is 2.81. The molecule has 1 fully saturated rings. The smallest absolute Gasteiger partial charge is 0.170 e. The lowest BCUT2D eigenvalue weighted by molar-refractivity contribution is -0.0214. The summed E-state index contributed by atoms with van der Waals surface area (Å²) in [5.74, 6) is 1.73. The predicted octanol–water partition coefficient (Wildman–Crippen LogP) is 1.57. The quantitative estimate of drug-likeness (QED) is 0.737. The first kappa shape index (κ1) is 10.4. The van der Waals surface area contributed by atoms with Gasteiger partial charge in [-0.15, -0.1) is 0 Å². The summed E-state index contributed by atoms with van der Waals surface area (Å²) in [7, 11) is 0. The number of thioether (sulfide) groups is 1. The fraction of sp³-hybridized carbons (Fsp3) is 0.750. The van der Waals surface area contributed by atoms with Gasteiger partial charge in [0.15, 0.2) is 10.6 Å². The van der Waals surface area contributed by atoms with Crippen LogP contribution in [0.4, 0.5) is 0 Å². The fourth-order valence-corrected chi connectivity index (χ4v) is 2.75. The van der Waals surface area contributed by atoms with Gasteiger partial charge in [-0.1, -0.05) is 18.7 Å². The molecule has 1 aliphatic rings. The molecule has 0 aromatic carbocycles. The molecule has 6 heteroatoms. The van der Waals surface area contributed by atoms with E-state index >= 15 is 0 Å². The molecule has 0 N–H and O–H groups in total. The van der Waals surface area contributed by atoms with Crippen LogP contribution in [0, 0.1) is 0 Å². The van der Waals surface area contributed by atoms with Crippen LogP contribution in [-0.2, 0) is 15.9 Å². The van der Waals surface area contributed by atoms with E-state index in [2.05, 4.69) is 16.3 Å². The molecule has 0 spiro atoms. The van der Waals surface area contributed by atoms with E-state index < -0.39 is 0 Å². The average molecular weight is 232 g/mol. The van der Waals surface area contributed by atoms with E-state index in [4.69, 9.17) is 9.47 Å². The molecule has 2 heterocycles. The van der Waals surface area contributed by atoms with Crippen LogP contribution < -0.4 is 0 Å². The highest BCUT2D eigenvalue weighted by molar-refractivity contribution is 8.00. The first-order valence-electron chi connectivity index (χ1n) is 4.57. The SMILES string of the molecule is CCc1nsc(SCC2OCCO2)n1. The minimum Gasteiger partial charge on any atom is -0.349 e. The van der Waals surface area contributed by atoms with Crippen LogP contribution in [0.3, 0.4) is 0 Å². The van der Waals surface area contributed by atoms with Gasteiger partial charge in [-0.05, 0) is 11.5 Å². The van der Waals surface area contributed by atoms with E-state index in [9.17, 15) is 0 Å². The summed E-state index contributed by atoms with van der Waals surface area (Å²) in [6.07, 6.45) is 0.835. The van der Waals surface area contributed by atoms with Gasteiger partial charge in [0.05, 0.1) is 19.0 Å². The third kappa shape index (κ3) is 2.66. The van der Waals surface area contributed by atoms with E-state index in [-0.39, 0.29) is 6.29 Å². The van der Waals surface area contributed by atoms with Crippen molar-refractivity contribution >= 4 is 23.3 Å². The third-order valence-corrected chi connectivity index (χ3v) is 3.70. The molecule has 4 nitrogen and oxygen atoms in total. The molecule has 0 bridgehead atoms. The lowest BCUT2D eigenvalue weighted by Crippen LogP contribution is -2.10. The summed E-state index contributed by atoms with van der Waals surface area (Å²) in [5.41, 5.74) is 0. The van der Waals surface area contributed by atoms with Gasteiger partial charge in [0.1, 0.15) is 5.82 Å². The summed E-state index contributed by atoms with van der Waals surface area (Å²) in [6, 6.07) is 0. The molecule has 2 rings (SSSR count). The van der Waals surface area contributed by atoms with E-state index in [0.717, 1.165) is 22.3 Å². The second kappa shape index (κ2) is 5.06. The Kier molecular flexibility index (Phi) is 3.74. The Morgan fingerprint density at radius 3 is 2.93 bits per heavy atom. The molecule has 78 valence electrons. The molecule has 1 aromatic heterocycles. The first-order valence-corrected chi connectivity index (χ1v) is 6.33. The van der Waals surface area contributed by atoms with Gasteiger partial charge in [-0.2, -0.15) is 4.37 Å². The van der Waals surface area contributed by atoms with Crippen LogP contribution in [0.25, 0.3) is 0 Å². The monoisotopic (exact) mass is 232 g/mol. The third-order valence-electron chi connectivity index (χ3n) is 1.80. The number of hydrogen-bond donors (Lipinski definition) is 0. The van der Waals surface area contributed by atoms with Crippen molar-refractivity contribution in [2.75, 3.05) is 19.0 Å². The van der Waals surface area contributed by atoms with Gasteiger partial charge < -0.3 is 9.47 Å². The van der Waals surface area contributed by atoms with Crippen LogP contribution in [0.15, 0.2) is 4.34 Å². The lowest BCUT2D eigenvalue weighted by Gasteiger charge is -2.05. The second-order valence-corrected chi connectivity index (χ2v) is 4.83. The van der Waals surface area contributed by atoms with Crippen molar-refractivity contribution < 1.29 is 9.47 Å². The number of rotatable bonds is 4. The highest BCUT2D eigenvalue weighted by Gasteiger charge is 2.16. The zero-order valence-corrected chi connectivity index (χ0v) is 9.57. The van der Waals surface area contributed by atoms with Gasteiger partial charge in [0.2, 0.25) is 0 Å². The van der Waals surface area contributed by atoms with Crippen molar-refractivity contribution in [2.45, 2.75) is 24.0 Å². The fourth-order valence-electron chi connectivity index (χ4n) is 1.08. The topological polar surface area (TPSA) is 44.2 Å². The maximum Gasteiger partial charge on any atom is 0.170 e. The molecule has 14 heavy (non-hydrogen) atoms. The van der Waals surface area contributed by atoms with Crippen molar-refractivity contribution in [2.24, 2.45) is 0 Å². The minimum absolute atomic E-state index is 0.0611. The van der Waals surface area contributed by atoms with E-state index in [0.29, 0.717) is 13.2 Å². The summed E-state index contributed by atoms with van der Waals surface area (Å²) in [6.45, 7) is 3.48. The number of hydrogen-bond acceptors (Lipinski definition) is 6. The molecule has 0 aliphatic carbocycles. The Labute approximate surface area is 91.2 Å². The van der Waals surface area contributed by atoms with Crippen LogP contribution in [0.1, 0.15) is 12.7 Å². The highest BCUT2D eigenvalue weighted by atomic mass is 32.2. The standard InChI is InChI=1S/C8H12N2O2S2/c1-2-6-9-8(14-10-6)13-5-7-11-3-4-12-7/h7H,2-5H2,1H3. The zero-order chi connectivity index (χ0) is 9.80. The van der Waals surface area contributed by atoms with Gasteiger partial charge in [-0.3, -0.25) is 0 Å². The lowest BCUT2D eigenvalue weighted by atomic mass is 10.5. The van der Waals surface area contributed by atoms with Gasteiger partial charge >= 0.3 is 0 Å². The van der Waals surface area contributed by atoms with Crippen LogP contribution in [0.2, 0.25) is 0 Å². The van der Waals surface area contributed by atoms with Crippen molar-refractivity contribution in [1.29, 1.82) is 0 Å². The van der Waals surface area contributed by atoms with Gasteiger partial charge in [-0.25, -0.2) is 4.98 Å². The maximum atomic E-state index is 5.32. The van der Waals surface area contributed by atoms with Crippen LogP contribution in [-0.4, -0.2) is 34.6 Å². The predicted molar refractivity (Wildman–Crippen MR) is 55.7 cm³/mol. The molecule has 0 amide bonds. The molecule has 0 unspecified atom stereocenters. The largest absolute Gasteiger partial charge is 0.349 e. The molecule has 1 aliphatic heterocycles. The maximum absolute atomic E-state index is 5.32. The first-order chi connectivity index (χ1) is 6.88. The van der Waals surface area contributed by atoms with E-state index in [1.54, 1.807) is 11.8 Å². The summed E-state index contributed by atoms with van der Waals surface area (Å²) >= 11 is 3.10. The van der Waals surface area contributed by atoms with Crippen LogP contribution in [0.5, 0.6) is 0 Å². The van der Waals surface area contributed by atoms with Crippen molar-refractivity contribution in [1.82, 2.24) is 9.36 Å². The van der Waals surface area contributed by atoms with Gasteiger partial charge in [0.25, 0.3) is 0 Å². The number of ether oxygens (including phenoxy) is 2. The van der Waals surface area contributed by atoms with E-state index in [1.165, 1.54) is 11.5 Å². The van der Waals surface area contributed by atoms with Crippen molar-refractivity contribution in [3.05, 3.63) is 5.82 Å². The Hall–Kier alpha value is -0.170. The number of aromatic nitrogens is 2. The van der Waals surface area contributed by atoms with Crippen LogP contribution >= 0.6 is 23.3 Å². The summed E-state index contributed by atoms with van der Waals surface area (Å²) < 4.78 is 15.9. The summed E-state index contributed by atoms with van der Waals surface area (Å²) in [5, 5.41) is 0. The Balaban J connectivity index is 1.79. The molecule has 0 atom stereocenters. The number of aryl methyl sites for hydroxylation is 1. The number of nitrogens with zero attached hydrogens (tertiary/aromatic N) is 2. The molecule has 1 saturated heterocycles. The molecular weight excluding hydrogens is 220 g/mol.